The predicted octanol–water partition coefficient (Wildman–Crippen LogP) is 0.588. The second kappa shape index (κ2) is 1.91. The molecule has 2 aliphatic carbocycles. The summed E-state index contributed by atoms with van der Waals surface area (Å²) in [4.78, 5) is 11.2. The molecular weight excluding hydrogens is 156 g/mol. The molecule has 2 fully saturated rings. The molecule has 0 amide bonds. The largest absolute Gasteiger partial charge is 0.432 e. The van der Waals surface area contributed by atoms with E-state index in [0.29, 0.717) is 5.92 Å². The molecule has 12 heavy (non-hydrogen) atoms. The minimum atomic E-state index is -0.852. The van der Waals surface area contributed by atoms with Gasteiger partial charge < -0.3 is 9.84 Å². The third-order valence-corrected chi connectivity index (χ3v) is 3.30. The number of aliphatic hydroxyl groups is 1. The van der Waals surface area contributed by atoms with E-state index >= 15 is 0 Å². The van der Waals surface area contributed by atoms with Crippen LogP contribution in [0.5, 0.6) is 0 Å². The van der Waals surface area contributed by atoms with E-state index < -0.39 is 6.29 Å². The summed E-state index contributed by atoms with van der Waals surface area (Å²) in [5.41, 5.74) is 2.05. The first-order chi connectivity index (χ1) is 5.77. The standard InChI is InChI=1S/C9H10O3/c10-8-6-4-1-2-5(3-4)7(6)9(11)12-8/h4,6,8,10H,1-3H2. The summed E-state index contributed by atoms with van der Waals surface area (Å²) in [5, 5.41) is 9.41. The van der Waals surface area contributed by atoms with E-state index in [1.165, 1.54) is 5.57 Å². The van der Waals surface area contributed by atoms with Gasteiger partial charge in [-0.1, -0.05) is 5.57 Å². The molecule has 1 aliphatic heterocycles. The fourth-order valence-corrected chi connectivity index (χ4v) is 2.81. The van der Waals surface area contributed by atoms with Crippen molar-refractivity contribution in [3.05, 3.63) is 11.1 Å². The van der Waals surface area contributed by atoms with Crippen LogP contribution in [0.2, 0.25) is 0 Å². The van der Waals surface area contributed by atoms with Gasteiger partial charge >= 0.3 is 5.97 Å². The summed E-state index contributed by atoms with van der Waals surface area (Å²) in [7, 11) is 0. The van der Waals surface area contributed by atoms with E-state index in [0.717, 1.165) is 24.8 Å². The number of hydrogen-bond donors (Lipinski definition) is 1. The fourth-order valence-electron chi connectivity index (χ4n) is 2.81. The first-order valence-electron chi connectivity index (χ1n) is 4.38. The van der Waals surface area contributed by atoms with Gasteiger partial charge in [0.05, 0.1) is 5.92 Å². The van der Waals surface area contributed by atoms with Crippen LogP contribution in [0, 0.1) is 11.8 Å². The van der Waals surface area contributed by atoms with Crippen molar-refractivity contribution in [1.29, 1.82) is 0 Å². The molecule has 1 N–H and O–H groups in total. The molecule has 1 saturated carbocycles. The Morgan fingerprint density at radius 1 is 1.50 bits per heavy atom. The Kier molecular flexibility index (Phi) is 1.06. The SMILES string of the molecule is O=C1OC(O)C2C1=C1CCC2C1. The van der Waals surface area contributed by atoms with Crippen molar-refractivity contribution < 1.29 is 14.6 Å². The maximum Gasteiger partial charge on any atom is 0.336 e. The van der Waals surface area contributed by atoms with E-state index in [1.54, 1.807) is 0 Å². The van der Waals surface area contributed by atoms with Crippen LogP contribution in [0.15, 0.2) is 11.1 Å². The predicted molar refractivity (Wildman–Crippen MR) is 40.0 cm³/mol. The van der Waals surface area contributed by atoms with Gasteiger partial charge in [-0.05, 0) is 25.2 Å². The van der Waals surface area contributed by atoms with Crippen LogP contribution < -0.4 is 0 Å². The maximum atomic E-state index is 11.2. The number of carbonyl (C=O) groups excluding carboxylic acids is 1. The van der Waals surface area contributed by atoms with Crippen LogP contribution in [-0.4, -0.2) is 17.4 Å². The lowest BCUT2D eigenvalue weighted by molar-refractivity contribution is -0.156. The van der Waals surface area contributed by atoms with Crippen molar-refractivity contribution in [3.8, 4) is 0 Å². The number of esters is 1. The summed E-state index contributed by atoms with van der Waals surface area (Å²) in [5.74, 6) is 0.224. The lowest BCUT2D eigenvalue weighted by Gasteiger charge is -2.16. The minimum Gasteiger partial charge on any atom is -0.432 e. The van der Waals surface area contributed by atoms with Crippen molar-refractivity contribution in [2.75, 3.05) is 0 Å². The second-order valence-electron chi connectivity index (χ2n) is 3.84. The molecule has 64 valence electrons. The first kappa shape index (κ1) is 6.66. The lowest BCUT2D eigenvalue weighted by Crippen LogP contribution is -2.21. The van der Waals surface area contributed by atoms with E-state index in [2.05, 4.69) is 0 Å². The van der Waals surface area contributed by atoms with E-state index in [1.807, 2.05) is 0 Å². The third-order valence-electron chi connectivity index (χ3n) is 3.30. The van der Waals surface area contributed by atoms with Gasteiger partial charge in [0.1, 0.15) is 0 Å². The van der Waals surface area contributed by atoms with Crippen LogP contribution >= 0.6 is 0 Å². The highest BCUT2D eigenvalue weighted by molar-refractivity contribution is 5.93. The summed E-state index contributed by atoms with van der Waals surface area (Å²) in [6.45, 7) is 0. The average Bonchev–Trinajstić information content (AvgIpc) is 2.64. The topological polar surface area (TPSA) is 46.5 Å². The smallest absolute Gasteiger partial charge is 0.336 e. The quantitative estimate of drug-likeness (QED) is 0.536. The zero-order chi connectivity index (χ0) is 8.29. The monoisotopic (exact) mass is 166 g/mol. The summed E-state index contributed by atoms with van der Waals surface area (Å²) in [6.07, 6.45) is 2.33. The molecule has 0 aromatic carbocycles. The highest BCUT2D eigenvalue weighted by Gasteiger charge is 2.51. The molecule has 0 aromatic rings. The van der Waals surface area contributed by atoms with E-state index in [-0.39, 0.29) is 11.9 Å². The van der Waals surface area contributed by atoms with E-state index in [4.69, 9.17) is 4.74 Å². The number of ether oxygens (including phenoxy) is 1. The number of aliphatic hydroxyl groups excluding tert-OH is 1. The molecular formula is C9H10O3. The summed E-state index contributed by atoms with van der Waals surface area (Å²) < 4.78 is 4.77. The van der Waals surface area contributed by atoms with Gasteiger partial charge in [-0.15, -0.1) is 0 Å². The number of rotatable bonds is 0. The summed E-state index contributed by atoms with van der Waals surface area (Å²) >= 11 is 0. The number of fused-ring (bicyclic) bond motifs is 4. The van der Waals surface area contributed by atoms with Crippen molar-refractivity contribution in [3.63, 3.8) is 0 Å². The van der Waals surface area contributed by atoms with E-state index in [9.17, 15) is 9.90 Å². The van der Waals surface area contributed by atoms with Crippen LogP contribution in [0.4, 0.5) is 0 Å². The third kappa shape index (κ3) is 0.591. The van der Waals surface area contributed by atoms with Crippen LogP contribution in [-0.2, 0) is 9.53 Å². The number of hydrogen-bond acceptors (Lipinski definition) is 3. The Balaban J connectivity index is 2.12. The molecule has 1 heterocycles. The Hall–Kier alpha value is -0.830. The molecule has 0 radical (unpaired) electrons. The van der Waals surface area contributed by atoms with Crippen LogP contribution in [0.25, 0.3) is 0 Å². The Morgan fingerprint density at radius 3 is 3.08 bits per heavy atom. The minimum absolute atomic E-state index is 0.0150. The van der Waals surface area contributed by atoms with Crippen molar-refractivity contribution >= 4 is 5.97 Å². The lowest BCUT2D eigenvalue weighted by atomic mass is 9.87. The molecule has 3 atom stereocenters. The molecule has 3 aliphatic rings. The Bertz CT molecular complexity index is 292. The molecule has 3 nitrogen and oxygen atoms in total. The highest BCUT2D eigenvalue weighted by Crippen LogP contribution is 2.52. The number of allylic oxidation sites excluding steroid dienone is 1. The van der Waals surface area contributed by atoms with Gasteiger partial charge in [0, 0.05) is 5.57 Å². The van der Waals surface area contributed by atoms with Crippen molar-refractivity contribution in [1.82, 2.24) is 0 Å². The zero-order valence-corrected chi connectivity index (χ0v) is 6.62. The highest BCUT2D eigenvalue weighted by atomic mass is 16.6. The van der Waals surface area contributed by atoms with Gasteiger partial charge in [-0.2, -0.15) is 0 Å². The van der Waals surface area contributed by atoms with Crippen LogP contribution in [0.1, 0.15) is 19.3 Å². The molecule has 0 aromatic heterocycles. The summed E-state index contributed by atoms with van der Waals surface area (Å²) in [6, 6.07) is 0. The maximum absolute atomic E-state index is 11.2. The normalized spacial score (nSPS) is 43.8. The van der Waals surface area contributed by atoms with Gasteiger partial charge in [-0.3, -0.25) is 0 Å². The number of cyclic esters (lactones) is 1. The van der Waals surface area contributed by atoms with Gasteiger partial charge in [-0.25, -0.2) is 4.79 Å². The van der Waals surface area contributed by atoms with Crippen molar-refractivity contribution in [2.24, 2.45) is 11.8 Å². The average molecular weight is 166 g/mol. The molecule has 3 unspecified atom stereocenters. The molecule has 1 saturated heterocycles. The zero-order valence-electron chi connectivity index (χ0n) is 6.62. The molecule has 3 rings (SSSR count). The van der Waals surface area contributed by atoms with Crippen molar-refractivity contribution in [2.45, 2.75) is 25.6 Å². The first-order valence-corrected chi connectivity index (χ1v) is 4.38. The second-order valence-corrected chi connectivity index (χ2v) is 3.84. The van der Waals surface area contributed by atoms with Crippen LogP contribution in [0.3, 0.4) is 0 Å². The van der Waals surface area contributed by atoms with Gasteiger partial charge in [0.15, 0.2) is 0 Å². The molecule has 2 bridgehead atoms. The Morgan fingerprint density at radius 2 is 2.33 bits per heavy atom. The Labute approximate surface area is 70.0 Å². The molecule has 3 heteroatoms. The fraction of sp³-hybridized carbons (Fsp3) is 0.667. The number of carbonyl (C=O) groups is 1. The van der Waals surface area contributed by atoms with Gasteiger partial charge in [0.2, 0.25) is 6.29 Å². The molecule has 0 spiro atoms. The van der Waals surface area contributed by atoms with Gasteiger partial charge in [0.25, 0.3) is 0 Å².